The van der Waals surface area contributed by atoms with E-state index in [4.69, 9.17) is 4.42 Å². The summed E-state index contributed by atoms with van der Waals surface area (Å²) < 4.78 is 8.30. The Morgan fingerprint density at radius 2 is 2.10 bits per heavy atom. The van der Waals surface area contributed by atoms with Crippen molar-refractivity contribution in [2.24, 2.45) is 0 Å². The molecule has 4 rings (SSSR count). The molecular formula is C14H7BrN2O2S. The Labute approximate surface area is 125 Å². The third kappa shape index (κ3) is 1.72. The van der Waals surface area contributed by atoms with Gasteiger partial charge in [0.1, 0.15) is 10.3 Å². The van der Waals surface area contributed by atoms with E-state index in [2.05, 4.69) is 20.9 Å². The van der Waals surface area contributed by atoms with Crippen molar-refractivity contribution in [3.63, 3.8) is 0 Å². The lowest BCUT2D eigenvalue weighted by molar-refractivity contribution is 0.531. The number of hydrogen-bond acceptors (Lipinski definition) is 4. The maximum Gasteiger partial charge on any atom is 0.275 e. The molecule has 0 unspecified atom stereocenters. The quantitative estimate of drug-likeness (QED) is 0.532. The van der Waals surface area contributed by atoms with Crippen LogP contribution in [0.1, 0.15) is 5.76 Å². The van der Waals surface area contributed by atoms with Gasteiger partial charge in [0.05, 0.1) is 11.0 Å². The normalized spacial score (nSPS) is 12.8. The molecule has 0 N–H and O–H groups in total. The fourth-order valence-corrected chi connectivity index (χ4v) is 3.43. The van der Waals surface area contributed by atoms with Crippen molar-refractivity contribution >= 4 is 49.3 Å². The molecule has 4 nitrogen and oxygen atoms in total. The van der Waals surface area contributed by atoms with Crippen molar-refractivity contribution in [3.05, 3.63) is 61.7 Å². The Balaban J connectivity index is 2.05. The summed E-state index contributed by atoms with van der Waals surface area (Å²) in [6.07, 6.45) is 1.74. The van der Waals surface area contributed by atoms with Crippen LogP contribution in [-0.4, -0.2) is 9.38 Å². The first-order valence-corrected chi connectivity index (χ1v) is 7.50. The Hall–Kier alpha value is -1.92. The molecule has 0 aliphatic rings. The summed E-state index contributed by atoms with van der Waals surface area (Å²) in [5.74, 6) is 0.641. The maximum atomic E-state index is 12.5. The number of rotatable bonds is 1. The van der Waals surface area contributed by atoms with Gasteiger partial charge in [0.2, 0.25) is 0 Å². The lowest BCUT2D eigenvalue weighted by atomic mass is 10.3. The average Bonchev–Trinajstić information content (AvgIpc) is 3.07. The van der Waals surface area contributed by atoms with Crippen LogP contribution in [0.5, 0.6) is 0 Å². The van der Waals surface area contributed by atoms with E-state index in [9.17, 15) is 4.79 Å². The van der Waals surface area contributed by atoms with E-state index in [0.29, 0.717) is 19.9 Å². The first-order valence-electron chi connectivity index (χ1n) is 5.89. The van der Waals surface area contributed by atoms with Gasteiger partial charge >= 0.3 is 0 Å². The number of imidazole rings is 1. The predicted molar refractivity (Wildman–Crippen MR) is 82.0 cm³/mol. The molecule has 6 heteroatoms. The summed E-state index contributed by atoms with van der Waals surface area (Å²) in [7, 11) is 0. The molecule has 3 aromatic heterocycles. The van der Waals surface area contributed by atoms with E-state index in [1.165, 1.54) is 11.3 Å². The minimum atomic E-state index is -0.0637. The van der Waals surface area contributed by atoms with Gasteiger partial charge in [0, 0.05) is 6.08 Å². The summed E-state index contributed by atoms with van der Waals surface area (Å²) in [6, 6.07) is 11.2. The number of para-hydroxylation sites is 2. The van der Waals surface area contributed by atoms with Crippen molar-refractivity contribution in [1.82, 2.24) is 9.38 Å². The Morgan fingerprint density at radius 3 is 2.90 bits per heavy atom. The Morgan fingerprint density at radius 1 is 1.25 bits per heavy atom. The summed E-state index contributed by atoms with van der Waals surface area (Å²) >= 11 is 4.61. The molecule has 0 atom stereocenters. The van der Waals surface area contributed by atoms with Gasteiger partial charge in [-0.25, -0.2) is 9.38 Å². The topological polar surface area (TPSA) is 47.5 Å². The number of thiazole rings is 1. The lowest BCUT2D eigenvalue weighted by Crippen LogP contribution is -2.22. The van der Waals surface area contributed by atoms with Crippen molar-refractivity contribution in [2.45, 2.75) is 0 Å². The van der Waals surface area contributed by atoms with Crippen molar-refractivity contribution in [2.75, 3.05) is 0 Å². The van der Waals surface area contributed by atoms with Gasteiger partial charge in [-0.15, -0.1) is 0 Å². The highest BCUT2D eigenvalue weighted by molar-refractivity contribution is 9.10. The van der Waals surface area contributed by atoms with Gasteiger partial charge in [0.15, 0.2) is 9.63 Å². The van der Waals surface area contributed by atoms with Crippen LogP contribution in [0, 0.1) is 0 Å². The minimum Gasteiger partial charge on any atom is -0.450 e. The molecule has 3 heterocycles. The third-order valence-corrected chi connectivity index (χ3v) is 4.41. The highest BCUT2D eigenvalue weighted by Gasteiger charge is 2.10. The van der Waals surface area contributed by atoms with E-state index < -0.39 is 0 Å². The van der Waals surface area contributed by atoms with Gasteiger partial charge in [0.25, 0.3) is 5.56 Å². The third-order valence-electron chi connectivity index (χ3n) is 3.01. The van der Waals surface area contributed by atoms with Gasteiger partial charge in [-0.2, -0.15) is 0 Å². The smallest absolute Gasteiger partial charge is 0.275 e. The van der Waals surface area contributed by atoms with E-state index >= 15 is 0 Å². The average molecular weight is 347 g/mol. The van der Waals surface area contributed by atoms with E-state index in [1.807, 2.05) is 30.3 Å². The molecule has 0 spiro atoms. The van der Waals surface area contributed by atoms with E-state index in [1.54, 1.807) is 16.5 Å². The molecule has 0 fully saturated rings. The number of aromatic nitrogens is 2. The SMILES string of the molecule is O=c1/c(=C/c2ccc(Br)o2)sc2nc3ccccc3n12. The van der Waals surface area contributed by atoms with E-state index in [-0.39, 0.29) is 5.56 Å². The second-order valence-corrected chi connectivity index (χ2v) is 6.07. The summed E-state index contributed by atoms with van der Waals surface area (Å²) in [6.45, 7) is 0. The zero-order valence-electron chi connectivity index (χ0n) is 10.0. The summed E-state index contributed by atoms with van der Waals surface area (Å²) in [4.78, 5) is 17.6. The van der Waals surface area contributed by atoms with Crippen LogP contribution in [0.15, 0.2) is 50.3 Å². The molecule has 1 aromatic carbocycles. The van der Waals surface area contributed by atoms with Gasteiger partial charge in [-0.05, 0) is 40.2 Å². The standard InChI is InChI=1S/C14H7BrN2O2S/c15-12-6-5-8(19-12)7-11-13(18)17-10-4-2-1-3-9(10)16-14(17)20-11/h1-7H/b11-7-. The summed E-state index contributed by atoms with van der Waals surface area (Å²) in [5, 5.41) is 0. The highest BCUT2D eigenvalue weighted by atomic mass is 79.9. The monoisotopic (exact) mass is 346 g/mol. The number of halogens is 1. The number of furan rings is 1. The largest absolute Gasteiger partial charge is 0.450 e. The zero-order chi connectivity index (χ0) is 13.7. The van der Waals surface area contributed by atoms with Crippen LogP contribution in [0.3, 0.4) is 0 Å². The van der Waals surface area contributed by atoms with Crippen LogP contribution >= 0.6 is 27.3 Å². The minimum absolute atomic E-state index is 0.0637. The van der Waals surface area contributed by atoms with Crippen molar-refractivity contribution in [3.8, 4) is 0 Å². The number of nitrogens with zero attached hydrogens (tertiary/aromatic N) is 2. The fourth-order valence-electron chi connectivity index (χ4n) is 2.15. The molecule has 0 saturated heterocycles. The lowest BCUT2D eigenvalue weighted by Gasteiger charge is -1.86. The molecule has 4 aromatic rings. The molecule has 0 saturated carbocycles. The van der Waals surface area contributed by atoms with Gasteiger partial charge in [-0.1, -0.05) is 23.5 Å². The fraction of sp³-hybridized carbons (Fsp3) is 0. The van der Waals surface area contributed by atoms with Gasteiger partial charge < -0.3 is 4.42 Å². The van der Waals surface area contributed by atoms with E-state index in [0.717, 1.165) is 11.0 Å². The maximum absolute atomic E-state index is 12.5. The zero-order valence-corrected chi connectivity index (χ0v) is 12.4. The second-order valence-electron chi connectivity index (χ2n) is 4.28. The second kappa shape index (κ2) is 4.29. The van der Waals surface area contributed by atoms with Crippen LogP contribution < -0.4 is 10.1 Å². The van der Waals surface area contributed by atoms with Crippen LogP contribution in [0.25, 0.3) is 22.1 Å². The van der Waals surface area contributed by atoms with Crippen LogP contribution in [-0.2, 0) is 0 Å². The number of benzene rings is 1. The Kier molecular flexibility index (Phi) is 2.55. The van der Waals surface area contributed by atoms with Gasteiger partial charge in [-0.3, -0.25) is 4.79 Å². The molecule has 0 aliphatic carbocycles. The molecule has 0 bridgehead atoms. The predicted octanol–water partition coefficient (Wildman–Crippen LogP) is 2.81. The van der Waals surface area contributed by atoms with Crippen molar-refractivity contribution in [1.29, 1.82) is 0 Å². The molecular weight excluding hydrogens is 340 g/mol. The Bertz CT molecular complexity index is 1040. The number of fused-ring (bicyclic) bond motifs is 3. The summed E-state index contributed by atoms with van der Waals surface area (Å²) in [5.41, 5.74) is 1.61. The first-order chi connectivity index (χ1) is 9.72. The number of hydrogen-bond donors (Lipinski definition) is 0. The van der Waals surface area contributed by atoms with Crippen LogP contribution in [0.2, 0.25) is 0 Å². The van der Waals surface area contributed by atoms with Crippen LogP contribution in [0.4, 0.5) is 0 Å². The molecule has 0 amide bonds. The van der Waals surface area contributed by atoms with Crippen molar-refractivity contribution < 1.29 is 4.42 Å². The molecule has 0 aliphatic heterocycles. The molecule has 98 valence electrons. The first kappa shape index (κ1) is 11.9. The molecule has 0 radical (unpaired) electrons. The highest BCUT2D eigenvalue weighted by Crippen LogP contribution is 2.17. The molecule has 20 heavy (non-hydrogen) atoms.